The smallest absolute Gasteiger partial charge is 0.328 e. The summed E-state index contributed by atoms with van der Waals surface area (Å²) in [6, 6.07) is 11.6. The molecular weight excluding hydrogens is 490 g/mol. The fourth-order valence-corrected chi connectivity index (χ4v) is 4.33. The third kappa shape index (κ3) is 7.66. The Balaban J connectivity index is 0.000000436. The molecule has 0 atom stereocenters. The molecule has 0 spiro atoms. The highest BCUT2D eigenvalue weighted by Crippen LogP contribution is 2.26. The van der Waals surface area contributed by atoms with Gasteiger partial charge in [-0.15, -0.1) is 0 Å². The van der Waals surface area contributed by atoms with Gasteiger partial charge in [0.15, 0.2) is 0 Å². The average molecular weight is 524 g/mol. The van der Waals surface area contributed by atoms with Gasteiger partial charge in [0, 0.05) is 37.2 Å². The maximum Gasteiger partial charge on any atom is 0.328 e. The number of rotatable bonds is 9. The van der Waals surface area contributed by atoms with Gasteiger partial charge in [-0.05, 0) is 63.2 Å². The molecule has 0 unspecified atom stereocenters. The van der Waals surface area contributed by atoms with Crippen LogP contribution >= 0.6 is 0 Å². The van der Waals surface area contributed by atoms with Crippen molar-refractivity contribution in [2.45, 2.75) is 32.7 Å². The topological polar surface area (TPSA) is 131 Å². The molecule has 1 saturated heterocycles. The van der Waals surface area contributed by atoms with Crippen molar-refractivity contribution in [2.24, 2.45) is 0 Å². The van der Waals surface area contributed by atoms with E-state index in [4.69, 9.17) is 24.7 Å². The Hall–Kier alpha value is -4.18. The van der Waals surface area contributed by atoms with Crippen LogP contribution in [0.3, 0.4) is 0 Å². The van der Waals surface area contributed by atoms with Gasteiger partial charge >= 0.3 is 11.9 Å². The summed E-state index contributed by atoms with van der Waals surface area (Å²) in [5.74, 6) is -0.241. The largest absolute Gasteiger partial charge is 0.497 e. The molecule has 1 aliphatic rings. The van der Waals surface area contributed by atoms with E-state index in [0.717, 1.165) is 53.6 Å². The summed E-state index contributed by atoms with van der Waals surface area (Å²) in [5.41, 5.74) is 2.78. The minimum atomic E-state index is -1.26. The second kappa shape index (κ2) is 13.4. The lowest BCUT2D eigenvalue weighted by Gasteiger charge is -2.19. The van der Waals surface area contributed by atoms with Crippen LogP contribution in [-0.2, 0) is 22.6 Å². The van der Waals surface area contributed by atoms with Gasteiger partial charge in [-0.3, -0.25) is 9.36 Å². The second-order valence-corrected chi connectivity index (χ2v) is 8.92. The number of carboxylic acids is 2. The molecule has 10 heteroatoms. The molecule has 2 aromatic carbocycles. The zero-order valence-corrected chi connectivity index (χ0v) is 21.8. The molecule has 0 saturated carbocycles. The van der Waals surface area contributed by atoms with Gasteiger partial charge in [-0.25, -0.2) is 14.6 Å². The summed E-state index contributed by atoms with van der Waals surface area (Å²) in [4.78, 5) is 39.8. The van der Waals surface area contributed by atoms with Crippen molar-refractivity contribution in [2.75, 3.05) is 33.9 Å². The second-order valence-electron chi connectivity index (χ2n) is 8.92. The van der Waals surface area contributed by atoms with Crippen LogP contribution in [0, 0.1) is 6.92 Å². The van der Waals surface area contributed by atoms with E-state index in [1.54, 1.807) is 14.2 Å². The van der Waals surface area contributed by atoms with Gasteiger partial charge in [0.1, 0.15) is 17.3 Å². The predicted molar refractivity (Wildman–Crippen MR) is 143 cm³/mol. The zero-order valence-electron chi connectivity index (χ0n) is 21.8. The normalized spacial score (nSPS) is 13.3. The van der Waals surface area contributed by atoms with Crippen LogP contribution < -0.4 is 15.0 Å². The molecule has 38 heavy (non-hydrogen) atoms. The maximum absolute atomic E-state index is 13.4. The Morgan fingerprint density at radius 2 is 1.66 bits per heavy atom. The molecule has 1 aliphatic heterocycles. The van der Waals surface area contributed by atoms with E-state index in [0.29, 0.717) is 30.5 Å². The van der Waals surface area contributed by atoms with E-state index >= 15 is 0 Å². The van der Waals surface area contributed by atoms with Gasteiger partial charge < -0.3 is 24.6 Å². The Kier molecular flexibility index (Phi) is 10.0. The number of benzene rings is 2. The van der Waals surface area contributed by atoms with Crippen molar-refractivity contribution in [3.8, 4) is 11.5 Å². The van der Waals surface area contributed by atoms with Crippen LogP contribution in [0.25, 0.3) is 10.9 Å². The molecule has 0 radical (unpaired) electrons. The summed E-state index contributed by atoms with van der Waals surface area (Å²) < 4.78 is 12.8. The van der Waals surface area contributed by atoms with Crippen LogP contribution in [0.1, 0.15) is 29.8 Å². The molecular formula is C28H33N3O7. The van der Waals surface area contributed by atoms with E-state index < -0.39 is 11.9 Å². The lowest BCUT2D eigenvalue weighted by Crippen LogP contribution is -2.32. The summed E-state index contributed by atoms with van der Waals surface area (Å²) in [5, 5.41) is 16.3. The third-order valence-electron chi connectivity index (χ3n) is 6.23. The zero-order chi connectivity index (χ0) is 27.7. The van der Waals surface area contributed by atoms with Crippen LogP contribution in [0.4, 0.5) is 0 Å². The van der Waals surface area contributed by atoms with E-state index in [2.05, 4.69) is 4.90 Å². The number of hydrogen-bond donors (Lipinski definition) is 2. The summed E-state index contributed by atoms with van der Waals surface area (Å²) in [6.07, 6.45) is 4.08. The Bertz CT molecular complexity index is 1360. The first-order valence-electron chi connectivity index (χ1n) is 12.3. The molecule has 4 rings (SSSR count). The molecule has 1 fully saturated rings. The van der Waals surface area contributed by atoms with E-state index in [9.17, 15) is 14.4 Å². The van der Waals surface area contributed by atoms with Crippen LogP contribution in [-0.4, -0.2) is 70.5 Å². The van der Waals surface area contributed by atoms with Crippen LogP contribution in [0.5, 0.6) is 11.5 Å². The molecule has 3 aromatic rings. The minimum absolute atomic E-state index is 0.0276. The van der Waals surface area contributed by atoms with Crippen molar-refractivity contribution in [1.82, 2.24) is 14.5 Å². The SMILES string of the molecule is COc1ccc(OC)c(Cc2nc3ccc(C)cc3c(=O)n2CCN2CCCC2)c1.O=C(O)/C=C/C(=O)O. The van der Waals surface area contributed by atoms with E-state index in [1.807, 2.05) is 47.9 Å². The number of methoxy groups -OCH3 is 2. The summed E-state index contributed by atoms with van der Waals surface area (Å²) in [7, 11) is 3.30. The summed E-state index contributed by atoms with van der Waals surface area (Å²) >= 11 is 0. The molecule has 1 aromatic heterocycles. The lowest BCUT2D eigenvalue weighted by molar-refractivity contribution is -0.134. The first-order chi connectivity index (χ1) is 18.2. The number of nitrogens with zero attached hydrogens (tertiary/aromatic N) is 3. The highest BCUT2D eigenvalue weighted by atomic mass is 16.5. The number of fused-ring (bicyclic) bond motifs is 1. The van der Waals surface area contributed by atoms with Crippen LogP contribution in [0.2, 0.25) is 0 Å². The van der Waals surface area contributed by atoms with E-state index in [1.165, 1.54) is 12.8 Å². The monoisotopic (exact) mass is 523 g/mol. The number of carbonyl (C=O) groups is 2. The quantitative estimate of drug-likeness (QED) is 0.406. The molecule has 2 N–H and O–H groups in total. The number of aliphatic carboxylic acids is 2. The van der Waals surface area contributed by atoms with Crippen molar-refractivity contribution in [1.29, 1.82) is 0 Å². The van der Waals surface area contributed by atoms with Gasteiger partial charge in [0.2, 0.25) is 0 Å². The molecule has 0 aliphatic carbocycles. The van der Waals surface area contributed by atoms with Crippen LogP contribution in [0.15, 0.2) is 53.3 Å². The minimum Gasteiger partial charge on any atom is -0.497 e. The van der Waals surface area contributed by atoms with Crippen molar-refractivity contribution < 1.29 is 29.3 Å². The van der Waals surface area contributed by atoms with Crippen molar-refractivity contribution in [3.63, 3.8) is 0 Å². The number of carboxylic acid groups (broad SMARTS) is 2. The highest BCUT2D eigenvalue weighted by Gasteiger charge is 2.17. The predicted octanol–water partition coefficient (Wildman–Crippen LogP) is 3.12. The van der Waals surface area contributed by atoms with Gasteiger partial charge in [0.05, 0.1) is 25.1 Å². The Morgan fingerprint density at radius 1 is 0.974 bits per heavy atom. The fourth-order valence-electron chi connectivity index (χ4n) is 4.33. The van der Waals surface area contributed by atoms with Gasteiger partial charge in [0.25, 0.3) is 5.56 Å². The molecule has 0 amide bonds. The van der Waals surface area contributed by atoms with E-state index in [-0.39, 0.29) is 5.56 Å². The number of likely N-dealkylation sites (tertiary alicyclic amines) is 1. The first-order valence-corrected chi connectivity index (χ1v) is 12.3. The Morgan fingerprint density at radius 3 is 2.26 bits per heavy atom. The fraction of sp³-hybridized carbons (Fsp3) is 0.357. The lowest BCUT2D eigenvalue weighted by atomic mass is 10.1. The number of aryl methyl sites for hydroxylation is 1. The average Bonchev–Trinajstić information content (AvgIpc) is 3.42. The molecule has 202 valence electrons. The number of hydrogen-bond acceptors (Lipinski definition) is 7. The van der Waals surface area contributed by atoms with Crippen molar-refractivity contribution >= 4 is 22.8 Å². The standard InChI is InChI=1S/C24H29N3O3.C4H4O4/c1-17-6-8-21-20(14-17)24(28)27(13-12-26-10-4-5-11-26)23(25-21)16-18-15-19(29-2)7-9-22(18)30-3;5-3(6)1-2-4(7)8/h6-9,14-15H,4-5,10-13,16H2,1-3H3;1-2H,(H,5,6)(H,7,8)/b;2-1+. The molecule has 2 heterocycles. The van der Waals surface area contributed by atoms with Crippen molar-refractivity contribution in [3.05, 3.63) is 75.9 Å². The van der Waals surface area contributed by atoms with Gasteiger partial charge in [-0.2, -0.15) is 0 Å². The summed E-state index contributed by atoms with van der Waals surface area (Å²) in [6.45, 7) is 5.71. The van der Waals surface area contributed by atoms with Gasteiger partial charge in [-0.1, -0.05) is 11.6 Å². The number of aromatic nitrogens is 2. The third-order valence-corrected chi connectivity index (χ3v) is 6.23. The Labute approximate surface area is 220 Å². The maximum atomic E-state index is 13.4. The first kappa shape index (κ1) is 28.4. The molecule has 0 bridgehead atoms. The number of ether oxygens (including phenoxy) is 2. The molecule has 10 nitrogen and oxygen atoms in total. The highest BCUT2D eigenvalue weighted by molar-refractivity contribution is 5.89.